The maximum atomic E-state index is 13.7. The van der Waals surface area contributed by atoms with Crippen LogP contribution in [-0.2, 0) is 11.2 Å². The lowest BCUT2D eigenvalue weighted by Gasteiger charge is -2.35. The number of β-amino-alcohol motifs (C(OH)–C–C–N with tert-alkyl or cyclic N) is 1. The van der Waals surface area contributed by atoms with Gasteiger partial charge in [0.25, 0.3) is 0 Å². The Hall–Kier alpha value is -2.14. The second-order valence-electron chi connectivity index (χ2n) is 5.20. The number of amides is 1. The number of hydrogen-bond acceptors (Lipinski definition) is 3. The van der Waals surface area contributed by atoms with Crippen molar-refractivity contribution in [3.05, 3.63) is 48.0 Å². The second kappa shape index (κ2) is 5.69. The Balaban J connectivity index is 1.61. The minimum Gasteiger partial charge on any atom is -0.461 e. The lowest BCUT2D eigenvalue weighted by molar-refractivity contribution is -0.141. The van der Waals surface area contributed by atoms with E-state index in [9.17, 15) is 9.18 Å². The van der Waals surface area contributed by atoms with Crippen LogP contribution in [0.2, 0.25) is 0 Å². The summed E-state index contributed by atoms with van der Waals surface area (Å²) in [6, 6.07) is 9.90. The molecular weight excluding hydrogens is 273 g/mol. The molecular formula is C16H16FNO3. The molecule has 1 N–H and O–H groups in total. The molecule has 0 aliphatic carbocycles. The predicted octanol–water partition coefficient (Wildman–Crippen LogP) is 2.22. The quantitative estimate of drug-likeness (QED) is 0.939. The van der Waals surface area contributed by atoms with E-state index in [4.69, 9.17) is 9.52 Å². The standard InChI is InChI=1S/C16H16FNO3/c17-14-4-2-1-3-13(14)15-7-5-12(21-15)6-8-16(20)18-9-11(19)10-18/h1-5,7,11,19H,6,8-10H2. The van der Waals surface area contributed by atoms with Gasteiger partial charge >= 0.3 is 0 Å². The van der Waals surface area contributed by atoms with Gasteiger partial charge in [-0.3, -0.25) is 4.79 Å². The Kier molecular flexibility index (Phi) is 3.75. The molecule has 1 amide bonds. The van der Waals surface area contributed by atoms with Crippen molar-refractivity contribution in [1.82, 2.24) is 4.90 Å². The summed E-state index contributed by atoms with van der Waals surface area (Å²) in [5.74, 6) is 0.797. The highest BCUT2D eigenvalue weighted by molar-refractivity contribution is 5.77. The Morgan fingerprint density at radius 1 is 1.29 bits per heavy atom. The van der Waals surface area contributed by atoms with Crippen LogP contribution in [0.25, 0.3) is 11.3 Å². The molecule has 3 rings (SSSR count). The molecule has 0 radical (unpaired) electrons. The molecule has 1 aromatic heterocycles. The van der Waals surface area contributed by atoms with Gasteiger partial charge in [0.15, 0.2) is 0 Å². The Labute approximate surface area is 121 Å². The fraction of sp³-hybridized carbons (Fsp3) is 0.312. The minimum atomic E-state index is -0.384. The van der Waals surface area contributed by atoms with Gasteiger partial charge in [-0.25, -0.2) is 4.39 Å². The van der Waals surface area contributed by atoms with E-state index in [2.05, 4.69) is 0 Å². The normalized spacial score (nSPS) is 15.0. The van der Waals surface area contributed by atoms with Crippen molar-refractivity contribution in [1.29, 1.82) is 0 Å². The number of nitrogens with zero attached hydrogens (tertiary/aromatic N) is 1. The summed E-state index contributed by atoms with van der Waals surface area (Å²) in [6.07, 6.45) is 0.418. The van der Waals surface area contributed by atoms with Crippen LogP contribution in [0.4, 0.5) is 4.39 Å². The zero-order valence-corrected chi connectivity index (χ0v) is 11.5. The molecule has 4 nitrogen and oxygen atoms in total. The number of aliphatic hydroxyl groups is 1. The van der Waals surface area contributed by atoms with Gasteiger partial charge in [0.2, 0.25) is 5.91 Å². The molecule has 2 heterocycles. The van der Waals surface area contributed by atoms with Crippen molar-refractivity contribution >= 4 is 5.91 Å². The van der Waals surface area contributed by atoms with Crippen LogP contribution >= 0.6 is 0 Å². The van der Waals surface area contributed by atoms with Crippen LogP contribution in [0.15, 0.2) is 40.8 Å². The molecule has 1 aliphatic heterocycles. The highest BCUT2D eigenvalue weighted by Gasteiger charge is 2.28. The molecule has 2 aromatic rings. The lowest BCUT2D eigenvalue weighted by Crippen LogP contribution is -2.53. The number of rotatable bonds is 4. The molecule has 0 atom stereocenters. The van der Waals surface area contributed by atoms with Gasteiger partial charge in [0.1, 0.15) is 17.3 Å². The van der Waals surface area contributed by atoms with E-state index in [0.717, 1.165) is 0 Å². The molecule has 5 heteroatoms. The number of carbonyl (C=O) groups is 1. The average molecular weight is 289 g/mol. The smallest absolute Gasteiger partial charge is 0.223 e. The van der Waals surface area contributed by atoms with Gasteiger partial charge in [0, 0.05) is 25.9 Å². The average Bonchev–Trinajstić information content (AvgIpc) is 2.90. The van der Waals surface area contributed by atoms with Gasteiger partial charge in [-0.15, -0.1) is 0 Å². The van der Waals surface area contributed by atoms with Gasteiger partial charge < -0.3 is 14.4 Å². The first-order valence-corrected chi connectivity index (χ1v) is 6.93. The first kappa shape index (κ1) is 13.8. The van der Waals surface area contributed by atoms with E-state index in [0.29, 0.717) is 43.0 Å². The molecule has 0 spiro atoms. The number of aliphatic hydroxyl groups excluding tert-OH is 1. The molecule has 1 aromatic carbocycles. The second-order valence-corrected chi connectivity index (χ2v) is 5.20. The number of benzene rings is 1. The van der Waals surface area contributed by atoms with Crippen molar-refractivity contribution in [3.8, 4) is 11.3 Å². The number of hydrogen-bond donors (Lipinski definition) is 1. The van der Waals surface area contributed by atoms with Crippen LogP contribution in [0.1, 0.15) is 12.2 Å². The molecule has 1 saturated heterocycles. The maximum Gasteiger partial charge on any atom is 0.223 e. The molecule has 0 saturated carbocycles. The van der Waals surface area contributed by atoms with Crippen LogP contribution in [0, 0.1) is 5.82 Å². The number of carbonyl (C=O) groups excluding carboxylic acids is 1. The van der Waals surface area contributed by atoms with E-state index in [-0.39, 0.29) is 17.8 Å². The van der Waals surface area contributed by atoms with Crippen molar-refractivity contribution in [2.75, 3.05) is 13.1 Å². The van der Waals surface area contributed by atoms with E-state index >= 15 is 0 Å². The number of halogens is 1. The van der Waals surface area contributed by atoms with Crippen molar-refractivity contribution in [2.24, 2.45) is 0 Å². The summed E-state index contributed by atoms with van der Waals surface area (Å²) >= 11 is 0. The number of furan rings is 1. The Morgan fingerprint density at radius 3 is 2.76 bits per heavy atom. The Morgan fingerprint density at radius 2 is 2.05 bits per heavy atom. The topological polar surface area (TPSA) is 53.7 Å². The maximum absolute atomic E-state index is 13.7. The van der Waals surface area contributed by atoms with Gasteiger partial charge in [-0.2, -0.15) is 0 Å². The lowest BCUT2D eigenvalue weighted by atomic mass is 10.1. The van der Waals surface area contributed by atoms with Crippen LogP contribution in [0.5, 0.6) is 0 Å². The predicted molar refractivity (Wildman–Crippen MR) is 75.0 cm³/mol. The van der Waals surface area contributed by atoms with Gasteiger partial charge in [0.05, 0.1) is 11.7 Å². The minimum absolute atomic E-state index is 0.00383. The summed E-state index contributed by atoms with van der Waals surface area (Å²) in [5, 5.41) is 9.16. The third kappa shape index (κ3) is 2.97. The fourth-order valence-corrected chi connectivity index (χ4v) is 2.37. The Bertz CT molecular complexity index is 646. The third-order valence-corrected chi connectivity index (χ3v) is 3.60. The summed E-state index contributed by atoms with van der Waals surface area (Å²) < 4.78 is 19.2. The van der Waals surface area contributed by atoms with E-state index in [1.165, 1.54) is 6.07 Å². The van der Waals surface area contributed by atoms with Crippen LogP contribution in [-0.4, -0.2) is 35.1 Å². The zero-order valence-electron chi connectivity index (χ0n) is 11.5. The van der Waals surface area contributed by atoms with E-state index < -0.39 is 0 Å². The first-order valence-electron chi connectivity index (χ1n) is 6.93. The molecule has 1 aliphatic rings. The summed E-state index contributed by atoms with van der Waals surface area (Å²) in [7, 11) is 0. The van der Waals surface area contributed by atoms with Crippen molar-refractivity contribution in [3.63, 3.8) is 0 Å². The summed E-state index contributed by atoms with van der Waals surface area (Å²) in [4.78, 5) is 13.4. The largest absolute Gasteiger partial charge is 0.461 e. The molecule has 21 heavy (non-hydrogen) atoms. The third-order valence-electron chi connectivity index (χ3n) is 3.60. The first-order chi connectivity index (χ1) is 10.1. The molecule has 0 bridgehead atoms. The number of likely N-dealkylation sites (tertiary alicyclic amines) is 1. The molecule has 1 fully saturated rings. The monoisotopic (exact) mass is 289 g/mol. The van der Waals surface area contributed by atoms with E-state index in [1.807, 2.05) is 0 Å². The SMILES string of the molecule is O=C(CCc1ccc(-c2ccccc2F)o1)N1CC(O)C1. The fourth-order valence-electron chi connectivity index (χ4n) is 2.37. The molecule has 0 unspecified atom stereocenters. The van der Waals surface area contributed by atoms with Gasteiger partial charge in [-0.1, -0.05) is 12.1 Å². The van der Waals surface area contributed by atoms with Crippen molar-refractivity contribution < 1.29 is 18.7 Å². The van der Waals surface area contributed by atoms with Crippen LogP contribution in [0.3, 0.4) is 0 Å². The summed E-state index contributed by atoms with van der Waals surface area (Å²) in [5.41, 5.74) is 0.418. The highest BCUT2D eigenvalue weighted by Crippen LogP contribution is 2.25. The molecule has 110 valence electrons. The van der Waals surface area contributed by atoms with Crippen LogP contribution < -0.4 is 0 Å². The van der Waals surface area contributed by atoms with E-state index in [1.54, 1.807) is 35.2 Å². The zero-order chi connectivity index (χ0) is 14.8. The van der Waals surface area contributed by atoms with Crippen molar-refractivity contribution in [2.45, 2.75) is 18.9 Å². The number of aryl methyl sites for hydroxylation is 1. The highest BCUT2D eigenvalue weighted by atomic mass is 19.1. The summed E-state index contributed by atoms with van der Waals surface area (Å²) in [6.45, 7) is 0.828. The van der Waals surface area contributed by atoms with Gasteiger partial charge in [-0.05, 0) is 24.3 Å².